The molecule has 0 saturated heterocycles. The fourth-order valence-corrected chi connectivity index (χ4v) is 2.53. The van der Waals surface area contributed by atoms with E-state index in [4.69, 9.17) is 16.3 Å². The molecule has 0 bridgehead atoms. The average Bonchev–Trinajstić information content (AvgIpc) is 2.32. The van der Waals surface area contributed by atoms with Crippen molar-refractivity contribution in [1.82, 2.24) is 4.98 Å². The predicted molar refractivity (Wildman–Crippen MR) is 69.0 cm³/mol. The quantitative estimate of drug-likeness (QED) is 0.769. The van der Waals surface area contributed by atoms with Gasteiger partial charge in [-0.05, 0) is 40.8 Å². The SMILES string of the molecule is Clc1ncc(Br)cc1OCC1CCCCC1. The summed E-state index contributed by atoms with van der Waals surface area (Å²) in [5.74, 6) is 1.37. The van der Waals surface area contributed by atoms with Crippen molar-refractivity contribution in [3.8, 4) is 5.75 Å². The van der Waals surface area contributed by atoms with Gasteiger partial charge in [0, 0.05) is 10.7 Å². The lowest BCUT2D eigenvalue weighted by Gasteiger charge is -2.21. The molecule has 0 N–H and O–H groups in total. The van der Waals surface area contributed by atoms with Gasteiger partial charge in [0.15, 0.2) is 10.9 Å². The van der Waals surface area contributed by atoms with Crippen molar-refractivity contribution < 1.29 is 4.74 Å². The highest BCUT2D eigenvalue weighted by Crippen LogP contribution is 2.28. The maximum Gasteiger partial charge on any atom is 0.171 e. The molecule has 88 valence electrons. The topological polar surface area (TPSA) is 22.1 Å². The lowest BCUT2D eigenvalue weighted by Crippen LogP contribution is -2.15. The first-order valence-corrected chi connectivity index (χ1v) is 6.86. The summed E-state index contributed by atoms with van der Waals surface area (Å²) in [4.78, 5) is 4.04. The Morgan fingerprint density at radius 1 is 1.38 bits per heavy atom. The second-order valence-corrected chi connectivity index (χ2v) is 5.53. The van der Waals surface area contributed by atoms with E-state index in [1.165, 1.54) is 32.1 Å². The van der Waals surface area contributed by atoms with E-state index in [9.17, 15) is 0 Å². The minimum Gasteiger partial charge on any atom is -0.490 e. The highest BCUT2D eigenvalue weighted by molar-refractivity contribution is 9.10. The van der Waals surface area contributed by atoms with Crippen molar-refractivity contribution in [3.05, 3.63) is 21.9 Å². The van der Waals surface area contributed by atoms with Gasteiger partial charge in [-0.1, -0.05) is 30.9 Å². The van der Waals surface area contributed by atoms with E-state index < -0.39 is 0 Å². The molecule has 4 heteroatoms. The fourth-order valence-electron chi connectivity index (χ4n) is 2.07. The number of hydrogen-bond acceptors (Lipinski definition) is 2. The lowest BCUT2D eigenvalue weighted by atomic mass is 9.90. The maximum absolute atomic E-state index is 5.96. The molecule has 1 heterocycles. The zero-order valence-electron chi connectivity index (χ0n) is 9.09. The van der Waals surface area contributed by atoms with E-state index in [1.54, 1.807) is 6.20 Å². The molecule has 0 unspecified atom stereocenters. The standard InChI is InChI=1S/C12H15BrClNO/c13-10-6-11(12(14)15-7-10)16-8-9-4-2-1-3-5-9/h6-7,9H,1-5,8H2. The zero-order chi connectivity index (χ0) is 11.4. The van der Waals surface area contributed by atoms with E-state index in [0.717, 1.165) is 11.1 Å². The Morgan fingerprint density at radius 3 is 2.88 bits per heavy atom. The number of hydrogen-bond donors (Lipinski definition) is 0. The molecule has 0 aliphatic heterocycles. The van der Waals surface area contributed by atoms with Crippen LogP contribution in [0.15, 0.2) is 16.7 Å². The van der Waals surface area contributed by atoms with Crippen molar-refractivity contribution >= 4 is 27.5 Å². The van der Waals surface area contributed by atoms with Crippen molar-refractivity contribution in [2.75, 3.05) is 6.61 Å². The molecule has 1 aromatic rings. The Hall–Kier alpha value is -0.280. The van der Waals surface area contributed by atoms with Crippen LogP contribution in [-0.2, 0) is 0 Å². The summed E-state index contributed by atoms with van der Waals surface area (Å²) in [7, 11) is 0. The molecule has 0 atom stereocenters. The van der Waals surface area contributed by atoms with Gasteiger partial charge in [0.1, 0.15) is 0 Å². The second-order valence-electron chi connectivity index (χ2n) is 4.26. The summed E-state index contributed by atoms with van der Waals surface area (Å²) in [6, 6.07) is 1.87. The van der Waals surface area contributed by atoms with Gasteiger partial charge in [0.25, 0.3) is 0 Å². The van der Waals surface area contributed by atoms with Gasteiger partial charge in [-0.2, -0.15) is 0 Å². The Balaban J connectivity index is 1.90. The number of pyridine rings is 1. The number of rotatable bonds is 3. The molecular weight excluding hydrogens is 289 g/mol. The predicted octanol–water partition coefficient (Wildman–Crippen LogP) is 4.46. The van der Waals surface area contributed by atoms with E-state index in [0.29, 0.717) is 16.8 Å². The monoisotopic (exact) mass is 303 g/mol. The van der Waals surface area contributed by atoms with E-state index in [-0.39, 0.29) is 0 Å². The summed E-state index contributed by atoms with van der Waals surface area (Å²) in [6.07, 6.45) is 8.26. The van der Waals surface area contributed by atoms with Crippen LogP contribution < -0.4 is 4.74 Å². The van der Waals surface area contributed by atoms with Gasteiger partial charge in [0.05, 0.1) is 6.61 Å². The third kappa shape index (κ3) is 3.36. The van der Waals surface area contributed by atoms with Gasteiger partial charge in [-0.3, -0.25) is 0 Å². The number of nitrogens with zero attached hydrogens (tertiary/aromatic N) is 1. The highest BCUT2D eigenvalue weighted by atomic mass is 79.9. The van der Waals surface area contributed by atoms with Gasteiger partial charge in [-0.25, -0.2) is 4.98 Å². The van der Waals surface area contributed by atoms with Gasteiger partial charge < -0.3 is 4.74 Å². The third-order valence-corrected chi connectivity index (χ3v) is 3.69. The van der Waals surface area contributed by atoms with Crippen LogP contribution in [0.4, 0.5) is 0 Å². The van der Waals surface area contributed by atoms with Gasteiger partial charge in [0.2, 0.25) is 0 Å². The minimum atomic E-state index is 0.444. The summed E-state index contributed by atoms with van der Waals surface area (Å²) >= 11 is 9.32. The summed E-state index contributed by atoms with van der Waals surface area (Å²) in [5.41, 5.74) is 0. The van der Waals surface area contributed by atoms with Crippen molar-refractivity contribution in [2.24, 2.45) is 5.92 Å². The van der Waals surface area contributed by atoms with Crippen LogP contribution in [0.25, 0.3) is 0 Å². The largest absolute Gasteiger partial charge is 0.490 e. The van der Waals surface area contributed by atoms with Crippen LogP contribution in [0, 0.1) is 5.92 Å². The van der Waals surface area contributed by atoms with Crippen molar-refractivity contribution in [1.29, 1.82) is 0 Å². The average molecular weight is 305 g/mol. The smallest absolute Gasteiger partial charge is 0.171 e. The summed E-state index contributed by atoms with van der Waals surface area (Å²) in [5, 5.41) is 0.444. The molecule has 1 aliphatic rings. The minimum absolute atomic E-state index is 0.444. The molecule has 0 aromatic carbocycles. The molecule has 2 nitrogen and oxygen atoms in total. The number of aromatic nitrogens is 1. The molecule has 0 spiro atoms. The Bertz CT molecular complexity index is 353. The summed E-state index contributed by atoms with van der Waals surface area (Å²) in [6.45, 7) is 0.762. The van der Waals surface area contributed by atoms with Gasteiger partial charge >= 0.3 is 0 Å². The highest BCUT2D eigenvalue weighted by Gasteiger charge is 2.14. The first-order valence-electron chi connectivity index (χ1n) is 5.69. The molecule has 1 saturated carbocycles. The van der Waals surface area contributed by atoms with Crippen LogP contribution in [0.2, 0.25) is 5.15 Å². The Labute approximate surface area is 109 Å². The molecular formula is C12H15BrClNO. The van der Waals surface area contributed by atoms with Crippen LogP contribution in [0.5, 0.6) is 5.75 Å². The summed E-state index contributed by atoms with van der Waals surface area (Å²) < 4.78 is 6.63. The fraction of sp³-hybridized carbons (Fsp3) is 0.583. The van der Waals surface area contributed by atoms with Crippen molar-refractivity contribution in [2.45, 2.75) is 32.1 Å². The third-order valence-electron chi connectivity index (χ3n) is 2.97. The Morgan fingerprint density at radius 2 is 2.12 bits per heavy atom. The van der Waals surface area contributed by atoms with Gasteiger partial charge in [-0.15, -0.1) is 0 Å². The first kappa shape index (κ1) is 12.2. The molecule has 16 heavy (non-hydrogen) atoms. The van der Waals surface area contributed by atoms with E-state index in [2.05, 4.69) is 20.9 Å². The lowest BCUT2D eigenvalue weighted by molar-refractivity contribution is 0.208. The van der Waals surface area contributed by atoms with Crippen LogP contribution in [-0.4, -0.2) is 11.6 Å². The van der Waals surface area contributed by atoms with E-state index >= 15 is 0 Å². The normalized spacial score (nSPS) is 17.4. The molecule has 2 rings (SSSR count). The molecule has 1 aromatic heterocycles. The van der Waals surface area contributed by atoms with Crippen molar-refractivity contribution in [3.63, 3.8) is 0 Å². The van der Waals surface area contributed by atoms with E-state index in [1.807, 2.05) is 6.07 Å². The zero-order valence-corrected chi connectivity index (χ0v) is 11.4. The first-order chi connectivity index (χ1) is 7.75. The second kappa shape index (κ2) is 5.87. The molecule has 1 aliphatic carbocycles. The number of ether oxygens (including phenoxy) is 1. The van der Waals surface area contributed by atoms with Crippen LogP contribution in [0.1, 0.15) is 32.1 Å². The molecule has 0 radical (unpaired) electrons. The Kier molecular flexibility index (Phi) is 4.47. The maximum atomic E-state index is 5.96. The molecule has 1 fully saturated rings. The van der Waals surface area contributed by atoms with Crippen LogP contribution >= 0.6 is 27.5 Å². The molecule has 0 amide bonds. The number of halogens is 2. The van der Waals surface area contributed by atoms with Crippen LogP contribution in [0.3, 0.4) is 0 Å².